The molecule has 6 rings (SSSR count). The Labute approximate surface area is 344 Å². The molecule has 2 saturated heterocycles. The maximum Gasteiger partial charge on any atom is 0.257 e. The van der Waals surface area contributed by atoms with Gasteiger partial charge in [0.25, 0.3) is 23.6 Å². The minimum absolute atomic E-state index is 0.00729. The van der Waals surface area contributed by atoms with Crippen molar-refractivity contribution in [1.82, 2.24) is 9.80 Å². The van der Waals surface area contributed by atoms with Crippen LogP contribution in [-0.4, -0.2) is 122 Å². The van der Waals surface area contributed by atoms with Crippen molar-refractivity contribution in [2.24, 2.45) is 0 Å². The number of aryl methyl sites for hydroxylation is 1. The molecule has 0 aromatic heterocycles. The van der Waals surface area contributed by atoms with Gasteiger partial charge in [0.15, 0.2) is 11.5 Å². The molecule has 2 aromatic rings. The van der Waals surface area contributed by atoms with E-state index in [1.807, 2.05) is 6.92 Å². The summed E-state index contributed by atoms with van der Waals surface area (Å²) < 4.78 is 30.4. The highest BCUT2D eigenvalue weighted by molar-refractivity contribution is 6.76. The predicted molar refractivity (Wildman–Crippen MR) is 230 cm³/mol. The highest BCUT2D eigenvalue weighted by Gasteiger charge is 2.45. The number of anilines is 2. The first-order valence-corrected chi connectivity index (χ1v) is 27.6. The molecule has 0 radical (unpaired) electrons. The van der Waals surface area contributed by atoms with Crippen LogP contribution in [0.25, 0.3) is 0 Å². The second-order valence-corrected chi connectivity index (χ2v) is 29.5. The number of carbonyl (C=O) groups is 4. The smallest absolute Gasteiger partial charge is 0.257 e. The van der Waals surface area contributed by atoms with Gasteiger partial charge in [0.1, 0.15) is 31.3 Å². The predicted octanol–water partition coefficient (Wildman–Crippen LogP) is 6.71. The van der Waals surface area contributed by atoms with Gasteiger partial charge in [0.05, 0.1) is 42.8 Å². The Bertz CT molecular complexity index is 1970. The summed E-state index contributed by atoms with van der Waals surface area (Å²) in [4.78, 5) is 62.1. The second-order valence-electron chi connectivity index (χ2n) is 18.2. The van der Waals surface area contributed by atoms with Gasteiger partial charge >= 0.3 is 0 Å². The Hall–Kier alpha value is -4.45. The standard InChI is InChI=1S/C43H60N4O9Si2/c1-28-18-35-42(50)46(26-53-14-16-57(5,6)7)33-22-37(30(3)20-31(33)40(48)44(35)24-28)55-12-11-13-56-39-23-34-32(21-38(39)52-4)41(49)45-25-29(2)19-36(45)43(51)47(34)27-54-15-17-58(8,9)10/h20-23,35-36H,1-2,11-19,24-27H2,3-10H3/t35-,36-/m0/s1. The molecular formula is C43H60N4O9Si2. The number of nitrogens with zero attached hydrogens (tertiary/aromatic N) is 4. The lowest BCUT2D eigenvalue weighted by Gasteiger charge is -2.26. The van der Waals surface area contributed by atoms with E-state index in [9.17, 15) is 19.2 Å². The molecule has 58 heavy (non-hydrogen) atoms. The van der Waals surface area contributed by atoms with Crippen LogP contribution in [0.2, 0.25) is 51.4 Å². The summed E-state index contributed by atoms with van der Waals surface area (Å²) in [5.41, 5.74) is 4.10. The number of amides is 4. The molecule has 4 aliphatic heterocycles. The Kier molecular flexibility index (Phi) is 13.0. The SMILES string of the molecule is C=C1C[C@H]2C(=O)N(COCC[Si](C)(C)C)c3cc(OCCCOc4cc5c(cc4OC)C(=O)N4CC(=C)C[C@H]4C(=O)N5COCC[Si](C)(C)C)c(C)cc3C(=O)N2C1. The van der Waals surface area contributed by atoms with Crippen molar-refractivity contribution in [2.45, 2.75) is 89.6 Å². The summed E-state index contributed by atoms with van der Waals surface area (Å²) in [5, 5.41) is 0. The molecule has 13 nitrogen and oxygen atoms in total. The van der Waals surface area contributed by atoms with Crippen molar-refractivity contribution in [3.63, 3.8) is 0 Å². The van der Waals surface area contributed by atoms with Crippen molar-refractivity contribution in [1.29, 1.82) is 0 Å². The normalized spacial score (nSPS) is 19.6. The average molecular weight is 833 g/mol. The molecule has 0 unspecified atom stereocenters. The topological polar surface area (TPSA) is 127 Å². The van der Waals surface area contributed by atoms with Gasteiger partial charge in [-0.3, -0.25) is 29.0 Å². The van der Waals surface area contributed by atoms with Crippen LogP contribution in [-0.2, 0) is 19.1 Å². The van der Waals surface area contributed by atoms with Crippen LogP contribution < -0.4 is 24.0 Å². The molecule has 0 saturated carbocycles. The maximum absolute atomic E-state index is 14.0. The summed E-state index contributed by atoms with van der Waals surface area (Å²) in [6, 6.07) is 7.50. The summed E-state index contributed by atoms with van der Waals surface area (Å²) in [6.45, 7) is 25.9. The summed E-state index contributed by atoms with van der Waals surface area (Å²) in [6.07, 6.45) is 1.30. The number of benzene rings is 2. The molecule has 0 bridgehead atoms. The molecule has 0 N–H and O–H groups in total. The molecule has 0 aliphatic carbocycles. The quantitative estimate of drug-likeness (QED) is 0.0972. The van der Waals surface area contributed by atoms with E-state index in [1.54, 1.807) is 43.9 Å². The van der Waals surface area contributed by atoms with Gasteiger partial charge in [-0.05, 0) is 49.5 Å². The van der Waals surface area contributed by atoms with Gasteiger partial charge in [-0.25, -0.2) is 0 Å². The van der Waals surface area contributed by atoms with Crippen molar-refractivity contribution >= 4 is 51.2 Å². The van der Waals surface area contributed by atoms with E-state index in [4.69, 9.17) is 23.7 Å². The van der Waals surface area contributed by atoms with E-state index in [0.717, 1.165) is 28.8 Å². The lowest BCUT2D eigenvalue weighted by atomic mass is 10.1. The van der Waals surface area contributed by atoms with Crippen LogP contribution in [0.3, 0.4) is 0 Å². The number of fused-ring (bicyclic) bond motifs is 4. The lowest BCUT2D eigenvalue weighted by molar-refractivity contribution is -0.123. The Morgan fingerprint density at radius 2 is 1.09 bits per heavy atom. The average Bonchev–Trinajstić information content (AvgIpc) is 3.72. The van der Waals surface area contributed by atoms with E-state index in [-0.39, 0.29) is 50.3 Å². The van der Waals surface area contributed by atoms with Crippen LogP contribution >= 0.6 is 0 Å². The number of hydrogen-bond acceptors (Lipinski definition) is 9. The molecule has 2 fully saturated rings. The third-order valence-electron chi connectivity index (χ3n) is 11.0. The van der Waals surface area contributed by atoms with Crippen LogP contribution in [0.5, 0.6) is 17.2 Å². The Balaban J connectivity index is 1.17. The number of methoxy groups -OCH3 is 1. The number of ether oxygens (including phenoxy) is 5. The van der Waals surface area contributed by atoms with Gasteiger partial charge in [0.2, 0.25) is 0 Å². The largest absolute Gasteiger partial charge is 0.493 e. The highest BCUT2D eigenvalue weighted by atomic mass is 28.3. The van der Waals surface area contributed by atoms with Crippen LogP contribution in [0.1, 0.15) is 45.5 Å². The monoisotopic (exact) mass is 832 g/mol. The fourth-order valence-corrected chi connectivity index (χ4v) is 9.09. The molecule has 314 valence electrons. The fourth-order valence-electron chi connectivity index (χ4n) is 7.57. The van der Waals surface area contributed by atoms with Crippen molar-refractivity contribution < 1.29 is 42.9 Å². The fraction of sp³-hybridized carbons (Fsp3) is 0.535. The highest BCUT2D eigenvalue weighted by Crippen LogP contribution is 2.41. The first kappa shape index (κ1) is 43.1. The van der Waals surface area contributed by atoms with E-state index in [0.29, 0.717) is 85.3 Å². The van der Waals surface area contributed by atoms with Gasteiger partial charge in [-0.2, -0.15) is 0 Å². The summed E-state index contributed by atoms with van der Waals surface area (Å²) in [7, 11) is -1.22. The van der Waals surface area contributed by atoms with Gasteiger partial charge in [0, 0.05) is 61.0 Å². The Morgan fingerprint density at radius 3 is 1.55 bits per heavy atom. The van der Waals surface area contributed by atoms with Crippen molar-refractivity contribution in [3.05, 3.63) is 65.3 Å². The van der Waals surface area contributed by atoms with Crippen molar-refractivity contribution in [2.75, 3.05) is 69.9 Å². The number of carbonyl (C=O) groups excluding carboxylic acids is 4. The molecule has 4 aliphatic rings. The minimum Gasteiger partial charge on any atom is -0.493 e. The second kappa shape index (κ2) is 17.4. The molecule has 15 heteroatoms. The minimum atomic E-state index is -1.37. The zero-order valence-electron chi connectivity index (χ0n) is 35.5. The molecule has 2 atom stereocenters. The molecule has 0 spiro atoms. The number of rotatable bonds is 17. The van der Waals surface area contributed by atoms with E-state index in [2.05, 4.69) is 52.4 Å². The molecule has 2 aromatic carbocycles. The van der Waals surface area contributed by atoms with E-state index >= 15 is 0 Å². The molecular weight excluding hydrogens is 773 g/mol. The van der Waals surface area contributed by atoms with Crippen LogP contribution in [0, 0.1) is 6.92 Å². The molecule has 4 heterocycles. The maximum atomic E-state index is 14.0. The zero-order valence-corrected chi connectivity index (χ0v) is 37.5. The van der Waals surface area contributed by atoms with Gasteiger partial charge in [-0.15, -0.1) is 0 Å². The summed E-state index contributed by atoms with van der Waals surface area (Å²) in [5.74, 6) is 0.408. The Morgan fingerprint density at radius 1 is 0.638 bits per heavy atom. The zero-order chi connectivity index (χ0) is 42.1. The number of hydrogen-bond donors (Lipinski definition) is 0. The van der Waals surface area contributed by atoms with Crippen LogP contribution in [0.4, 0.5) is 11.4 Å². The lowest BCUT2D eigenvalue weighted by Crippen LogP contribution is -2.45. The van der Waals surface area contributed by atoms with Crippen molar-refractivity contribution in [3.8, 4) is 17.2 Å². The summed E-state index contributed by atoms with van der Waals surface area (Å²) >= 11 is 0. The van der Waals surface area contributed by atoms with Crippen LogP contribution in [0.15, 0.2) is 48.6 Å². The first-order valence-electron chi connectivity index (χ1n) is 20.2. The first-order chi connectivity index (χ1) is 27.4. The van der Waals surface area contributed by atoms with Gasteiger partial charge in [-0.1, -0.05) is 63.6 Å². The van der Waals surface area contributed by atoms with E-state index in [1.165, 1.54) is 7.11 Å². The molecule has 4 amide bonds. The third-order valence-corrected chi connectivity index (χ3v) is 14.4. The third kappa shape index (κ3) is 9.53. The van der Waals surface area contributed by atoms with E-state index < -0.39 is 28.2 Å². The van der Waals surface area contributed by atoms with Gasteiger partial charge < -0.3 is 33.5 Å².